The Morgan fingerprint density at radius 2 is 2.24 bits per heavy atom. The van der Waals surface area contributed by atoms with E-state index in [0.29, 0.717) is 15.7 Å². The van der Waals surface area contributed by atoms with Crippen LogP contribution in [0, 0.1) is 11.7 Å². The summed E-state index contributed by atoms with van der Waals surface area (Å²) in [4.78, 5) is 12.4. The molecule has 0 aliphatic carbocycles. The number of hydrogen-bond acceptors (Lipinski definition) is 6. The Labute approximate surface area is 154 Å². The Bertz CT molecular complexity index is 942. The van der Waals surface area contributed by atoms with Crippen molar-refractivity contribution in [1.82, 2.24) is 25.0 Å². The number of rotatable bonds is 6. The van der Waals surface area contributed by atoms with E-state index in [0.717, 1.165) is 29.0 Å². The zero-order valence-corrected chi connectivity index (χ0v) is 15.6. The molecule has 7 nitrogen and oxygen atoms in total. The van der Waals surface area contributed by atoms with Gasteiger partial charge in [0.15, 0.2) is 10.6 Å². The third kappa shape index (κ3) is 4.18. The number of aromatic nitrogens is 5. The van der Waals surface area contributed by atoms with Crippen molar-refractivity contribution in [3.8, 4) is 11.4 Å². The van der Waals surface area contributed by atoms with Crippen LogP contribution in [-0.2, 0) is 17.8 Å². The normalized spacial score (nSPS) is 10.8. The fourth-order valence-electron chi connectivity index (χ4n) is 2.39. The molecular formula is C16H18N6OS2. The Kier molecular flexibility index (Phi) is 5.34. The highest BCUT2D eigenvalue weighted by molar-refractivity contribution is 7.71. The van der Waals surface area contributed by atoms with Gasteiger partial charge in [-0.05, 0) is 31.6 Å². The highest BCUT2D eigenvalue weighted by atomic mass is 32.1. The van der Waals surface area contributed by atoms with Gasteiger partial charge in [-0.25, -0.2) is 0 Å². The predicted molar refractivity (Wildman–Crippen MR) is 100 cm³/mol. The standard InChI is InChI=1S/C16H18N6OS2/c1-3-5-13-18-20-15(25-13)17-12(23)9-22-14(19-21-16(22)24)11-7-4-6-10(2)8-11/h4,6-8H,3,5,9H2,1-2H3,(H,21,24)(H,17,20,23). The van der Waals surface area contributed by atoms with Crippen molar-refractivity contribution < 1.29 is 4.79 Å². The fourth-order valence-corrected chi connectivity index (χ4v) is 3.44. The molecule has 2 heterocycles. The van der Waals surface area contributed by atoms with Gasteiger partial charge in [-0.3, -0.25) is 19.8 Å². The van der Waals surface area contributed by atoms with Crippen LogP contribution in [0.4, 0.5) is 5.13 Å². The van der Waals surface area contributed by atoms with E-state index in [4.69, 9.17) is 12.2 Å². The summed E-state index contributed by atoms with van der Waals surface area (Å²) in [6.07, 6.45) is 1.85. The van der Waals surface area contributed by atoms with E-state index >= 15 is 0 Å². The number of hydrogen-bond donors (Lipinski definition) is 2. The van der Waals surface area contributed by atoms with E-state index in [1.165, 1.54) is 11.3 Å². The Balaban J connectivity index is 1.77. The van der Waals surface area contributed by atoms with Crippen molar-refractivity contribution in [1.29, 1.82) is 0 Å². The monoisotopic (exact) mass is 374 g/mol. The number of aryl methyl sites for hydroxylation is 2. The van der Waals surface area contributed by atoms with E-state index in [9.17, 15) is 4.79 Å². The van der Waals surface area contributed by atoms with E-state index in [1.807, 2.05) is 31.2 Å². The molecule has 130 valence electrons. The Hall–Kier alpha value is -2.39. The molecule has 0 fully saturated rings. The average molecular weight is 374 g/mol. The number of nitrogens with one attached hydrogen (secondary N) is 2. The summed E-state index contributed by atoms with van der Waals surface area (Å²) < 4.78 is 2.07. The third-order valence-corrected chi connectivity index (χ3v) is 4.72. The van der Waals surface area contributed by atoms with Crippen molar-refractivity contribution >= 4 is 34.6 Å². The molecule has 0 radical (unpaired) electrons. The molecule has 2 aromatic heterocycles. The fraction of sp³-hybridized carbons (Fsp3) is 0.312. The summed E-state index contributed by atoms with van der Waals surface area (Å²) in [6.45, 7) is 4.14. The predicted octanol–water partition coefficient (Wildman–Crippen LogP) is 3.36. The topological polar surface area (TPSA) is 88.5 Å². The zero-order valence-electron chi connectivity index (χ0n) is 13.9. The number of aromatic amines is 1. The Morgan fingerprint density at radius 1 is 1.40 bits per heavy atom. The average Bonchev–Trinajstić information content (AvgIpc) is 3.15. The molecule has 2 N–H and O–H groups in total. The first kappa shape index (κ1) is 17.4. The quantitative estimate of drug-likeness (QED) is 0.646. The lowest BCUT2D eigenvalue weighted by atomic mass is 10.1. The van der Waals surface area contributed by atoms with Gasteiger partial charge in [0.1, 0.15) is 11.6 Å². The molecule has 0 aliphatic heterocycles. The Morgan fingerprint density at radius 3 is 3.00 bits per heavy atom. The van der Waals surface area contributed by atoms with Crippen LogP contribution in [0.5, 0.6) is 0 Å². The SMILES string of the molecule is CCCc1nnc(NC(=O)Cn2c(-c3cccc(C)c3)n[nH]c2=S)s1. The van der Waals surface area contributed by atoms with Crippen molar-refractivity contribution in [3.05, 3.63) is 39.6 Å². The van der Waals surface area contributed by atoms with Crippen LogP contribution in [0.2, 0.25) is 0 Å². The molecule has 0 unspecified atom stereocenters. The highest BCUT2D eigenvalue weighted by Gasteiger charge is 2.14. The third-order valence-electron chi connectivity index (χ3n) is 3.51. The minimum absolute atomic E-state index is 0.0568. The van der Waals surface area contributed by atoms with Crippen molar-refractivity contribution in [2.45, 2.75) is 33.2 Å². The minimum Gasteiger partial charge on any atom is -0.299 e. The molecule has 1 aromatic carbocycles. The summed E-state index contributed by atoms with van der Waals surface area (Å²) in [5.74, 6) is 0.415. The molecule has 0 bridgehead atoms. The lowest BCUT2D eigenvalue weighted by molar-refractivity contribution is -0.116. The number of carbonyl (C=O) groups excluding carboxylic acids is 1. The molecule has 0 saturated carbocycles. The van der Waals surface area contributed by atoms with Crippen LogP contribution in [0.15, 0.2) is 24.3 Å². The lowest BCUT2D eigenvalue weighted by Gasteiger charge is -2.07. The first-order valence-corrected chi connectivity index (χ1v) is 9.13. The maximum absolute atomic E-state index is 12.4. The second-order valence-corrected chi connectivity index (χ2v) is 7.06. The largest absolute Gasteiger partial charge is 0.299 e. The van der Waals surface area contributed by atoms with Gasteiger partial charge in [0, 0.05) is 12.0 Å². The number of anilines is 1. The molecule has 25 heavy (non-hydrogen) atoms. The number of carbonyl (C=O) groups is 1. The minimum atomic E-state index is -0.217. The summed E-state index contributed by atoms with van der Waals surface area (Å²) in [7, 11) is 0. The number of nitrogens with zero attached hydrogens (tertiary/aromatic N) is 4. The number of amides is 1. The van der Waals surface area contributed by atoms with E-state index in [2.05, 4.69) is 32.6 Å². The smallest absolute Gasteiger partial charge is 0.246 e. The van der Waals surface area contributed by atoms with Crippen LogP contribution in [0.1, 0.15) is 23.9 Å². The first-order valence-electron chi connectivity index (χ1n) is 7.91. The summed E-state index contributed by atoms with van der Waals surface area (Å²) in [6, 6.07) is 7.89. The second kappa shape index (κ2) is 7.66. The van der Waals surface area contributed by atoms with Gasteiger partial charge in [-0.15, -0.1) is 10.2 Å². The highest BCUT2D eigenvalue weighted by Crippen LogP contribution is 2.19. The van der Waals surface area contributed by atoms with Gasteiger partial charge in [0.25, 0.3) is 0 Å². The van der Waals surface area contributed by atoms with E-state index in [1.54, 1.807) is 4.57 Å². The molecule has 0 aliphatic rings. The van der Waals surface area contributed by atoms with Crippen LogP contribution in [-0.4, -0.2) is 30.9 Å². The maximum Gasteiger partial charge on any atom is 0.246 e. The van der Waals surface area contributed by atoms with Gasteiger partial charge in [0.05, 0.1) is 0 Å². The molecule has 3 aromatic rings. The maximum atomic E-state index is 12.4. The first-order chi connectivity index (χ1) is 12.1. The van der Waals surface area contributed by atoms with Gasteiger partial charge < -0.3 is 0 Å². The van der Waals surface area contributed by atoms with Crippen LogP contribution in [0.25, 0.3) is 11.4 Å². The molecule has 3 rings (SSSR count). The van der Waals surface area contributed by atoms with Crippen molar-refractivity contribution in [3.63, 3.8) is 0 Å². The lowest BCUT2D eigenvalue weighted by Crippen LogP contribution is -2.19. The molecule has 0 atom stereocenters. The van der Waals surface area contributed by atoms with Crippen LogP contribution in [0.3, 0.4) is 0 Å². The van der Waals surface area contributed by atoms with E-state index in [-0.39, 0.29) is 12.5 Å². The second-order valence-electron chi connectivity index (χ2n) is 5.61. The van der Waals surface area contributed by atoms with Crippen molar-refractivity contribution in [2.24, 2.45) is 0 Å². The van der Waals surface area contributed by atoms with Gasteiger partial charge in [-0.1, -0.05) is 42.0 Å². The van der Waals surface area contributed by atoms with Crippen LogP contribution < -0.4 is 5.32 Å². The molecule has 9 heteroatoms. The molecule has 1 amide bonds. The van der Waals surface area contributed by atoms with Crippen LogP contribution >= 0.6 is 23.6 Å². The summed E-state index contributed by atoms with van der Waals surface area (Å²) in [5, 5.41) is 19.3. The molecule has 0 spiro atoms. The summed E-state index contributed by atoms with van der Waals surface area (Å²) >= 11 is 6.66. The number of benzene rings is 1. The summed E-state index contributed by atoms with van der Waals surface area (Å²) in [5.41, 5.74) is 2.01. The van der Waals surface area contributed by atoms with Crippen molar-refractivity contribution in [2.75, 3.05) is 5.32 Å². The van der Waals surface area contributed by atoms with Gasteiger partial charge >= 0.3 is 0 Å². The van der Waals surface area contributed by atoms with Gasteiger partial charge in [-0.2, -0.15) is 5.10 Å². The molecule has 0 saturated heterocycles. The molecular weight excluding hydrogens is 356 g/mol. The van der Waals surface area contributed by atoms with Gasteiger partial charge in [0.2, 0.25) is 11.0 Å². The zero-order chi connectivity index (χ0) is 17.8. The van der Waals surface area contributed by atoms with E-state index < -0.39 is 0 Å². The number of H-pyrrole nitrogens is 1.